The van der Waals surface area contributed by atoms with E-state index in [0.717, 1.165) is 38.5 Å². The molecule has 0 aromatic heterocycles. The van der Waals surface area contributed by atoms with Crippen molar-refractivity contribution < 1.29 is 24.9 Å². The number of benzene rings is 1. The van der Waals surface area contributed by atoms with E-state index in [2.05, 4.69) is 13.8 Å². The summed E-state index contributed by atoms with van der Waals surface area (Å²) in [5.41, 5.74) is -0.677. The second kappa shape index (κ2) is 6.63. The van der Waals surface area contributed by atoms with Crippen LogP contribution < -0.4 is 0 Å². The molecule has 170 valence electrons. The monoisotopic (exact) mass is 428 g/mol. The van der Waals surface area contributed by atoms with Crippen molar-refractivity contribution in [3.63, 3.8) is 0 Å². The fourth-order valence-electron chi connectivity index (χ4n) is 8.72. The first-order valence-electron chi connectivity index (χ1n) is 11.9. The Morgan fingerprint density at radius 2 is 1.77 bits per heavy atom. The number of cyclic esters (lactones) is 1. The SMILES string of the molecule is C[C@]12CC[C@@H]3[C@]4(CCC[C@]3(C)C(=O)OC4)[C@H]1CC[C@](C)(O)[C@H]2Cc1cc(O)ccc1O. The summed E-state index contributed by atoms with van der Waals surface area (Å²) in [6, 6.07) is 4.65. The zero-order chi connectivity index (χ0) is 22.2. The van der Waals surface area contributed by atoms with E-state index in [0.29, 0.717) is 36.8 Å². The number of carbonyl (C=O) groups is 1. The molecule has 4 fully saturated rings. The topological polar surface area (TPSA) is 87.0 Å². The Morgan fingerprint density at radius 3 is 2.55 bits per heavy atom. The van der Waals surface area contributed by atoms with E-state index in [-0.39, 0.29) is 39.6 Å². The number of rotatable bonds is 2. The molecule has 1 saturated heterocycles. The lowest BCUT2D eigenvalue weighted by atomic mass is 9.37. The van der Waals surface area contributed by atoms with E-state index < -0.39 is 5.60 Å². The predicted octanol–water partition coefficient (Wildman–Crippen LogP) is 4.57. The van der Waals surface area contributed by atoms with Crippen molar-refractivity contribution in [2.24, 2.45) is 34.0 Å². The van der Waals surface area contributed by atoms with Crippen molar-refractivity contribution in [2.45, 2.75) is 77.7 Å². The zero-order valence-corrected chi connectivity index (χ0v) is 19.0. The Balaban J connectivity index is 1.56. The highest BCUT2D eigenvalue weighted by Gasteiger charge is 2.69. The number of phenolic OH excluding ortho intramolecular Hbond substituents is 2. The van der Waals surface area contributed by atoms with Crippen LogP contribution in [0, 0.1) is 34.0 Å². The van der Waals surface area contributed by atoms with Crippen molar-refractivity contribution in [2.75, 3.05) is 6.61 Å². The molecule has 3 saturated carbocycles. The second-order valence-electron chi connectivity index (χ2n) is 11.7. The third-order valence-corrected chi connectivity index (χ3v) is 10.2. The molecule has 5 nitrogen and oxygen atoms in total. The minimum Gasteiger partial charge on any atom is -0.508 e. The molecule has 3 aliphatic carbocycles. The van der Waals surface area contributed by atoms with Gasteiger partial charge in [-0.2, -0.15) is 0 Å². The van der Waals surface area contributed by atoms with Gasteiger partial charge in [-0.3, -0.25) is 4.79 Å². The average Bonchev–Trinajstić information content (AvgIpc) is 2.70. The van der Waals surface area contributed by atoms with Crippen LogP contribution >= 0.6 is 0 Å². The van der Waals surface area contributed by atoms with Crippen LogP contribution in [0.5, 0.6) is 11.5 Å². The number of fused-ring (bicyclic) bond motifs is 1. The summed E-state index contributed by atoms with van der Waals surface area (Å²) in [6.45, 7) is 6.90. The summed E-state index contributed by atoms with van der Waals surface area (Å²) < 4.78 is 5.87. The van der Waals surface area contributed by atoms with Gasteiger partial charge in [0.05, 0.1) is 17.6 Å². The van der Waals surface area contributed by atoms with Gasteiger partial charge in [0.25, 0.3) is 0 Å². The molecule has 4 aliphatic rings. The first kappa shape index (κ1) is 21.1. The molecular weight excluding hydrogens is 392 g/mol. The van der Waals surface area contributed by atoms with E-state index in [9.17, 15) is 20.1 Å². The molecular formula is C26H36O5. The van der Waals surface area contributed by atoms with Crippen LogP contribution in [0.3, 0.4) is 0 Å². The van der Waals surface area contributed by atoms with E-state index in [1.807, 2.05) is 6.92 Å². The maximum absolute atomic E-state index is 12.8. The molecule has 0 spiro atoms. The summed E-state index contributed by atoms with van der Waals surface area (Å²) in [6.07, 6.45) is 7.19. The second-order valence-corrected chi connectivity index (χ2v) is 11.7. The summed E-state index contributed by atoms with van der Waals surface area (Å²) >= 11 is 0. The van der Waals surface area contributed by atoms with Gasteiger partial charge < -0.3 is 20.1 Å². The molecule has 1 aliphatic heterocycles. The third-order valence-electron chi connectivity index (χ3n) is 10.2. The van der Waals surface area contributed by atoms with Crippen LogP contribution in [-0.2, 0) is 16.0 Å². The average molecular weight is 429 g/mol. The van der Waals surface area contributed by atoms with Gasteiger partial charge in [-0.15, -0.1) is 0 Å². The molecule has 5 heteroatoms. The van der Waals surface area contributed by atoms with Crippen LogP contribution in [0.25, 0.3) is 0 Å². The molecule has 0 amide bonds. The minimum absolute atomic E-state index is 0.0104. The lowest BCUT2D eigenvalue weighted by molar-refractivity contribution is -0.256. The molecule has 3 N–H and O–H groups in total. The summed E-state index contributed by atoms with van der Waals surface area (Å²) in [7, 11) is 0. The Kier molecular flexibility index (Phi) is 4.52. The van der Waals surface area contributed by atoms with Gasteiger partial charge in [0.1, 0.15) is 11.5 Å². The molecule has 0 radical (unpaired) electrons. The van der Waals surface area contributed by atoms with Crippen LogP contribution in [0.1, 0.15) is 71.3 Å². The Morgan fingerprint density at radius 1 is 1.03 bits per heavy atom. The summed E-state index contributed by atoms with van der Waals surface area (Å²) in [5.74, 6) is 0.965. The van der Waals surface area contributed by atoms with E-state index >= 15 is 0 Å². The molecule has 0 unspecified atom stereocenters. The van der Waals surface area contributed by atoms with Crippen molar-refractivity contribution in [1.82, 2.24) is 0 Å². The van der Waals surface area contributed by atoms with Gasteiger partial charge in [0, 0.05) is 5.41 Å². The number of carbonyl (C=O) groups excluding carboxylic acids is 1. The molecule has 31 heavy (non-hydrogen) atoms. The Bertz CT molecular complexity index is 909. The molecule has 1 aromatic carbocycles. The maximum atomic E-state index is 12.8. The van der Waals surface area contributed by atoms with Crippen LogP contribution in [0.2, 0.25) is 0 Å². The van der Waals surface area contributed by atoms with Crippen molar-refractivity contribution >= 4 is 5.97 Å². The lowest BCUT2D eigenvalue weighted by Crippen LogP contribution is -2.68. The number of aliphatic hydroxyl groups is 1. The Hall–Kier alpha value is -1.75. The first-order valence-corrected chi connectivity index (χ1v) is 11.9. The molecule has 2 bridgehead atoms. The lowest BCUT2D eigenvalue weighted by Gasteiger charge is -2.69. The van der Waals surface area contributed by atoms with Gasteiger partial charge in [0.15, 0.2) is 0 Å². The predicted molar refractivity (Wildman–Crippen MR) is 116 cm³/mol. The number of hydrogen-bond donors (Lipinski definition) is 3. The summed E-state index contributed by atoms with van der Waals surface area (Å²) in [4.78, 5) is 12.8. The smallest absolute Gasteiger partial charge is 0.312 e. The number of aromatic hydroxyl groups is 2. The van der Waals surface area contributed by atoms with E-state index in [1.54, 1.807) is 6.07 Å². The fourth-order valence-corrected chi connectivity index (χ4v) is 8.72. The van der Waals surface area contributed by atoms with E-state index in [1.165, 1.54) is 12.1 Å². The normalized spacial score (nSPS) is 46.6. The number of phenols is 2. The quantitative estimate of drug-likeness (QED) is 0.475. The molecule has 1 heterocycles. The number of ether oxygens (including phenoxy) is 1. The highest BCUT2D eigenvalue weighted by molar-refractivity contribution is 5.78. The number of hydrogen-bond acceptors (Lipinski definition) is 5. The molecule has 5 rings (SSSR count). The van der Waals surface area contributed by atoms with Gasteiger partial charge in [0.2, 0.25) is 0 Å². The summed E-state index contributed by atoms with van der Waals surface area (Å²) in [5, 5.41) is 32.0. The molecule has 7 atom stereocenters. The van der Waals surface area contributed by atoms with Crippen LogP contribution in [0.4, 0.5) is 0 Å². The first-order chi connectivity index (χ1) is 14.5. The number of esters is 1. The highest BCUT2D eigenvalue weighted by Crippen LogP contribution is 2.71. The van der Waals surface area contributed by atoms with Crippen molar-refractivity contribution in [3.05, 3.63) is 23.8 Å². The van der Waals surface area contributed by atoms with Crippen LogP contribution in [-0.4, -0.2) is 33.5 Å². The van der Waals surface area contributed by atoms with E-state index in [4.69, 9.17) is 4.74 Å². The van der Waals surface area contributed by atoms with Crippen LogP contribution in [0.15, 0.2) is 18.2 Å². The Labute approximate surface area is 184 Å². The van der Waals surface area contributed by atoms with Gasteiger partial charge in [-0.05, 0) is 106 Å². The van der Waals surface area contributed by atoms with Crippen molar-refractivity contribution in [3.8, 4) is 11.5 Å². The molecule has 1 aromatic rings. The van der Waals surface area contributed by atoms with Gasteiger partial charge in [-0.1, -0.05) is 13.3 Å². The van der Waals surface area contributed by atoms with Crippen molar-refractivity contribution in [1.29, 1.82) is 0 Å². The van der Waals surface area contributed by atoms with Gasteiger partial charge in [-0.25, -0.2) is 0 Å². The largest absolute Gasteiger partial charge is 0.508 e. The highest BCUT2D eigenvalue weighted by atomic mass is 16.5. The minimum atomic E-state index is -0.851. The van der Waals surface area contributed by atoms with Gasteiger partial charge >= 0.3 is 5.97 Å². The maximum Gasteiger partial charge on any atom is 0.312 e. The third kappa shape index (κ3) is 2.81. The standard InChI is InChI=1S/C26H36O5/c1-23-11-7-20-24(2)9-4-10-26(20,15-31-22(24)29)19(23)8-12-25(3,30)21(23)14-16-13-17(27)5-6-18(16)28/h5-6,13,19-21,27-28,30H,4,7-12,14-15H2,1-3H3/t19-,20-,21-,23-,24-,25-,26-/m0/s1. The zero-order valence-electron chi connectivity index (χ0n) is 19.0. The fraction of sp³-hybridized carbons (Fsp3) is 0.731.